The van der Waals surface area contributed by atoms with Crippen molar-refractivity contribution in [2.24, 2.45) is 0 Å². The lowest BCUT2D eigenvalue weighted by atomic mass is 10.1. The Bertz CT molecular complexity index is 589. The van der Waals surface area contributed by atoms with Crippen LogP contribution in [-0.2, 0) is 9.84 Å². The number of nitrogens with one attached hydrogen (secondary N) is 1. The first-order valence-corrected chi connectivity index (χ1v) is 9.86. The van der Waals surface area contributed by atoms with Crippen LogP contribution in [0.2, 0.25) is 0 Å². The molecule has 2 heterocycles. The summed E-state index contributed by atoms with van der Waals surface area (Å²) >= 11 is 1.15. The first-order chi connectivity index (χ1) is 10.1. The lowest BCUT2D eigenvalue weighted by Gasteiger charge is -2.26. The number of rotatable bonds is 6. The zero-order chi connectivity index (χ0) is 14.9. The summed E-state index contributed by atoms with van der Waals surface area (Å²) in [6.45, 7) is 3.94. The van der Waals surface area contributed by atoms with E-state index in [-0.39, 0.29) is 16.0 Å². The van der Waals surface area contributed by atoms with Crippen molar-refractivity contribution >= 4 is 32.2 Å². The van der Waals surface area contributed by atoms with E-state index in [2.05, 4.69) is 14.6 Å². The minimum atomic E-state index is -3.29. The molecule has 0 radical (unpaired) electrons. The van der Waals surface area contributed by atoms with Crippen LogP contribution in [0.4, 0.5) is 10.8 Å². The molecule has 0 atom stereocenters. The molecule has 1 saturated heterocycles. The van der Waals surface area contributed by atoms with Crippen molar-refractivity contribution in [2.45, 2.75) is 42.2 Å². The molecule has 21 heavy (non-hydrogen) atoms. The Labute approximate surface area is 129 Å². The number of likely N-dealkylation sites (tertiary alicyclic amines) is 1. The second-order valence-electron chi connectivity index (χ2n) is 5.80. The Balaban J connectivity index is 1.63. The molecule has 2 fully saturated rings. The quantitative estimate of drug-likeness (QED) is 0.823. The van der Waals surface area contributed by atoms with E-state index in [4.69, 9.17) is 5.73 Å². The maximum absolute atomic E-state index is 12.4. The molecule has 2 aliphatic rings. The zero-order valence-corrected chi connectivity index (χ0v) is 13.7. The maximum atomic E-state index is 12.4. The highest BCUT2D eigenvalue weighted by atomic mass is 32.2. The van der Waals surface area contributed by atoms with Gasteiger partial charge < -0.3 is 16.0 Å². The third kappa shape index (κ3) is 3.32. The third-order valence-corrected chi connectivity index (χ3v) is 7.36. The minimum Gasteiger partial charge on any atom is -0.382 e. The highest BCUT2D eigenvalue weighted by molar-refractivity contribution is 7.92. The lowest BCUT2D eigenvalue weighted by molar-refractivity contribution is 0.237. The van der Waals surface area contributed by atoms with Crippen LogP contribution in [0, 0.1) is 0 Å². The molecular weight excluding hydrogens is 308 g/mol. The summed E-state index contributed by atoms with van der Waals surface area (Å²) in [5.41, 5.74) is 5.78. The van der Waals surface area contributed by atoms with Gasteiger partial charge in [-0.25, -0.2) is 8.42 Å². The van der Waals surface area contributed by atoms with E-state index < -0.39 is 9.84 Å². The van der Waals surface area contributed by atoms with Crippen LogP contribution in [0.15, 0.2) is 4.90 Å². The minimum absolute atomic E-state index is 0.146. The van der Waals surface area contributed by atoms with E-state index in [1.54, 1.807) is 0 Å². The van der Waals surface area contributed by atoms with Gasteiger partial charge in [-0.05, 0) is 50.3 Å². The number of piperidine rings is 1. The summed E-state index contributed by atoms with van der Waals surface area (Å²) in [5.74, 6) is 0.146. The van der Waals surface area contributed by atoms with Gasteiger partial charge in [-0.1, -0.05) is 6.42 Å². The van der Waals surface area contributed by atoms with Gasteiger partial charge in [0.2, 0.25) is 0 Å². The molecule has 0 amide bonds. The third-order valence-electron chi connectivity index (χ3n) is 4.08. The van der Waals surface area contributed by atoms with Gasteiger partial charge in [-0.2, -0.15) is 4.37 Å². The number of nitrogens with two attached hydrogens (primary N) is 1. The van der Waals surface area contributed by atoms with Crippen molar-refractivity contribution in [3.8, 4) is 0 Å². The molecule has 0 spiro atoms. The Hall–Kier alpha value is -0.860. The van der Waals surface area contributed by atoms with Crippen molar-refractivity contribution in [1.29, 1.82) is 0 Å². The molecule has 1 aromatic rings. The lowest BCUT2D eigenvalue weighted by Crippen LogP contribution is -2.33. The molecule has 3 rings (SSSR count). The van der Waals surface area contributed by atoms with Gasteiger partial charge in [-0.3, -0.25) is 0 Å². The van der Waals surface area contributed by atoms with Crippen molar-refractivity contribution in [3.63, 3.8) is 0 Å². The smallest absolute Gasteiger partial charge is 0.187 e. The number of hydrogen-bond donors (Lipinski definition) is 2. The summed E-state index contributed by atoms with van der Waals surface area (Å²) < 4.78 is 28.8. The monoisotopic (exact) mass is 330 g/mol. The summed E-state index contributed by atoms with van der Waals surface area (Å²) in [7, 11) is -3.29. The number of anilines is 2. The average Bonchev–Trinajstić information content (AvgIpc) is 3.25. The summed E-state index contributed by atoms with van der Waals surface area (Å²) in [6.07, 6.45) is 5.32. The molecule has 1 aromatic heterocycles. The van der Waals surface area contributed by atoms with E-state index in [1.807, 2.05) is 0 Å². The number of aromatic nitrogens is 1. The molecule has 6 nitrogen and oxygen atoms in total. The van der Waals surface area contributed by atoms with Gasteiger partial charge in [0, 0.05) is 13.1 Å². The van der Waals surface area contributed by atoms with Gasteiger partial charge in [-0.15, -0.1) is 0 Å². The average molecular weight is 330 g/mol. The van der Waals surface area contributed by atoms with Crippen molar-refractivity contribution in [3.05, 3.63) is 0 Å². The Kier molecular flexibility index (Phi) is 4.37. The van der Waals surface area contributed by atoms with Crippen LogP contribution in [0.1, 0.15) is 32.1 Å². The first-order valence-electron chi connectivity index (χ1n) is 7.54. The Morgan fingerprint density at radius 2 is 2.00 bits per heavy atom. The second-order valence-corrected chi connectivity index (χ2v) is 8.74. The first kappa shape index (κ1) is 15.1. The van der Waals surface area contributed by atoms with E-state index in [9.17, 15) is 8.42 Å². The predicted octanol–water partition coefficient (Wildman–Crippen LogP) is 1.56. The fraction of sp³-hybridized carbons (Fsp3) is 0.769. The van der Waals surface area contributed by atoms with Gasteiger partial charge >= 0.3 is 0 Å². The number of hydrogen-bond acceptors (Lipinski definition) is 7. The molecule has 0 aromatic carbocycles. The normalized spacial score (nSPS) is 20.6. The fourth-order valence-electron chi connectivity index (χ4n) is 2.74. The van der Waals surface area contributed by atoms with Gasteiger partial charge in [0.05, 0.1) is 5.25 Å². The van der Waals surface area contributed by atoms with Crippen LogP contribution in [0.3, 0.4) is 0 Å². The van der Waals surface area contributed by atoms with Crippen molar-refractivity contribution < 1.29 is 8.42 Å². The van der Waals surface area contributed by atoms with Crippen LogP contribution in [0.25, 0.3) is 0 Å². The molecular formula is C13H22N4O2S2. The van der Waals surface area contributed by atoms with Gasteiger partial charge in [0.1, 0.15) is 9.90 Å². The van der Waals surface area contributed by atoms with Crippen LogP contribution < -0.4 is 11.1 Å². The van der Waals surface area contributed by atoms with E-state index in [0.717, 1.165) is 50.6 Å². The molecule has 118 valence electrons. The van der Waals surface area contributed by atoms with Crippen LogP contribution in [-0.4, -0.2) is 49.1 Å². The SMILES string of the molecule is Nc1nsc(NCCN2CCCCC2)c1S(=O)(=O)C1CC1. The number of nitrogens with zero attached hydrogens (tertiary/aromatic N) is 2. The molecule has 1 aliphatic carbocycles. The molecule has 3 N–H and O–H groups in total. The van der Waals surface area contributed by atoms with E-state index in [1.165, 1.54) is 19.3 Å². The maximum Gasteiger partial charge on any atom is 0.187 e. The molecule has 1 aliphatic heterocycles. The van der Waals surface area contributed by atoms with Crippen molar-refractivity contribution in [1.82, 2.24) is 9.27 Å². The number of nitrogen functional groups attached to an aromatic ring is 1. The summed E-state index contributed by atoms with van der Waals surface area (Å²) in [5, 5.41) is 3.58. The standard InChI is InChI=1S/C13H22N4O2S2/c14-12-11(21(18,19)10-4-5-10)13(20-16-12)15-6-9-17-7-2-1-3-8-17/h10,15H,1-9H2,(H2,14,16). The summed E-state index contributed by atoms with van der Waals surface area (Å²) in [6, 6.07) is 0. The van der Waals surface area contributed by atoms with Gasteiger partial charge in [0.25, 0.3) is 0 Å². The molecule has 1 saturated carbocycles. The Morgan fingerprint density at radius 3 is 2.67 bits per heavy atom. The van der Waals surface area contributed by atoms with Crippen molar-refractivity contribution in [2.75, 3.05) is 37.2 Å². The van der Waals surface area contributed by atoms with Crippen LogP contribution in [0.5, 0.6) is 0 Å². The van der Waals surface area contributed by atoms with Gasteiger partial charge in [0.15, 0.2) is 15.7 Å². The molecule has 0 bridgehead atoms. The van der Waals surface area contributed by atoms with E-state index >= 15 is 0 Å². The zero-order valence-electron chi connectivity index (χ0n) is 12.0. The topological polar surface area (TPSA) is 88.3 Å². The molecule has 0 unspecified atom stereocenters. The highest BCUT2D eigenvalue weighted by Gasteiger charge is 2.40. The highest BCUT2D eigenvalue weighted by Crippen LogP contribution is 2.40. The fourth-order valence-corrected chi connectivity index (χ4v) is 5.65. The Morgan fingerprint density at radius 1 is 1.29 bits per heavy atom. The second kappa shape index (κ2) is 6.10. The summed E-state index contributed by atoms with van der Waals surface area (Å²) in [4.78, 5) is 2.64. The number of sulfone groups is 1. The predicted molar refractivity (Wildman–Crippen MR) is 85.5 cm³/mol. The largest absolute Gasteiger partial charge is 0.382 e. The van der Waals surface area contributed by atoms with E-state index in [0.29, 0.717) is 5.00 Å². The molecule has 8 heteroatoms. The van der Waals surface area contributed by atoms with Crippen LogP contribution >= 0.6 is 11.5 Å².